The molecule has 1 amide bonds. The van der Waals surface area contributed by atoms with Gasteiger partial charge < -0.3 is 10.4 Å². The van der Waals surface area contributed by atoms with Crippen LogP contribution in [0.2, 0.25) is 0 Å². The summed E-state index contributed by atoms with van der Waals surface area (Å²) in [5.41, 5.74) is -1.01. The minimum atomic E-state index is -1.23. The average molecular weight is 348 g/mol. The number of benzene rings is 1. The third kappa shape index (κ3) is 2.92. The van der Waals surface area contributed by atoms with Gasteiger partial charge in [0.25, 0.3) is 5.91 Å². The lowest BCUT2D eigenvalue weighted by molar-refractivity contribution is -0.143. The summed E-state index contributed by atoms with van der Waals surface area (Å²) in [7, 11) is 0. The molecule has 0 saturated carbocycles. The van der Waals surface area contributed by atoms with E-state index in [0.717, 1.165) is 6.07 Å². The largest absolute Gasteiger partial charge is 0.479 e. The van der Waals surface area contributed by atoms with Gasteiger partial charge in [0.2, 0.25) is 0 Å². The van der Waals surface area contributed by atoms with Crippen LogP contribution in [0, 0.1) is 5.82 Å². The molecule has 2 rings (SSSR count). The molecular formula is C12H11BrFNO3S. The standard InChI is InChI=1S/C12H11BrFNO3S/c13-9-5-7(14)1-2-8(9)10(16)15-12(11(17)18)3-4-19-6-12/h1-2,5H,3-4,6H2,(H,15,16)(H,17,18). The molecular weight excluding hydrogens is 337 g/mol. The van der Waals surface area contributed by atoms with E-state index in [1.807, 2.05) is 0 Å². The molecule has 0 radical (unpaired) electrons. The molecule has 1 fully saturated rings. The molecule has 0 aromatic heterocycles. The molecule has 19 heavy (non-hydrogen) atoms. The lowest BCUT2D eigenvalue weighted by Gasteiger charge is -2.24. The summed E-state index contributed by atoms with van der Waals surface area (Å²) in [5.74, 6) is -0.988. The highest BCUT2D eigenvalue weighted by atomic mass is 79.9. The SMILES string of the molecule is O=C(NC1(C(=O)O)CCSC1)c1ccc(F)cc1Br. The fourth-order valence-corrected chi connectivity index (χ4v) is 3.70. The molecule has 102 valence electrons. The molecule has 0 spiro atoms. The summed E-state index contributed by atoms with van der Waals surface area (Å²) in [4.78, 5) is 23.4. The van der Waals surface area contributed by atoms with Crippen molar-refractivity contribution in [1.29, 1.82) is 0 Å². The molecule has 1 aliphatic rings. The van der Waals surface area contributed by atoms with E-state index in [-0.39, 0.29) is 5.56 Å². The Morgan fingerprint density at radius 2 is 2.21 bits per heavy atom. The molecule has 7 heteroatoms. The Balaban J connectivity index is 2.22. The van der Waals surface area contributed by atoms with Crippen molar-refractivity contribution in [3.63, 3.8) is 0 Å². The summed E-state index contributed by atoms with van der Waals surface area (Å²) in [6.07, 6.45) is 0.386. The van der Waals surface area contributed by atoms with Crippen molar-refractivity contribution >= 4 is 39.6 Å². The summed E-state index contributed by atoms with van der Waals surface area (Å²) >= 11 is 4.58. The first-order valence-corrected chi connectivity index (χ1v) is 7.48. The van der Waals surface area contributed by atoms with Crippen LogP contribution in [0.3, 0.4) is 0 Å². The van der Waals surface area contributed by atoms with E-state index in [4.69, 9.17) is 0 Å². The van der Waals surface area contributed by atoms with Gasteiger partial charge in [0, 0.05) is 10.2 Å². The zero-order chi connectivity index (χ0) is 14.0. The average Bonchev–Trinajstić information content (AvgIpc) is 2.78. The molecule has 1 aromatic rings. The number of rotatable bonds is 3. The van der Waals surface area contributed by atoms with Gasteiger partial charge in [-0.1, -0.05) is 0 Å². The van der Waals surface area contributed by atoms with Gasteiger partial charge >= 0.3 is 5.97 Å². The lowest BCUT2D eigenvalue weighted by atomic mass is 9.98. The smallest absolute Gasteiger partial charge is 0.330 e. The minimum absolute atomic E-state index is 0.221. The van der Waals surface area contributed by atoms with Gasteiger partial charge in [0.1, 0.15) is 11.4 Å². The monoisotopic (exact) mass is 347 g/mol. The number of carboxylic acids is 1. The third-order valence-electron chi connectivity index (χ3n) is 2.96. The zero-order valence-corrected chi connectivity index (χ0v) is 12.2. The number of halogens is 2. The highest BCUT2D eigenvalue weighted by Gasteiger charge is 2.43. The van der Waals surface area contributed by atoms with E-state index in [0.29, 0.717) is 22.4 Å². The van der Waals surface area contributed by atoms with Crippen LogP contribution in [0.15, 0.2) is 22.7 Å². The Morgan fingerprint density at radius 1 is 1.47 bits per heavy atom. The molecule has 1 saturated heterocycles. The van der Waals surface area contributed by atoms with Gasteiger partial charge in [-0.25, -0.2) is 9.18 Å². The molecule has 1 atom stereocenters. The number of nitrogens with one attached hydrogen (secondary N) is 1. The molecule has 0 aliphatic carbocycles. The summed E-state index contributed by atoms with van der Waals surface area (Å²) in [6.45, 7) is 0. The van der Waals surface area contributed by atoms with E-state index in [2.05, 4.69) is 21.2 Å². The van der Waals surface area contributed by atoms with Crippen LogP contribution in [0.25, 0.3) is 0 Å². The Bertz CT molecular complexity index is 532. The van der Waals surface area contributed by atoms with Crippen LogP contribution < -0.4 is 5.32 Å². The van der Waals surface area contributed by atoms with Gasteiger partial charge in [-0.15, -0.1) is 0 Å². The van der Waals surface area contributed by atoms with Crippen molar-refractivity contribution in [2.75, 3.05) is 11.5 Å². The van der Waals surface area contributed by atoms with Gasteiger partial charge in [-0.05, 0) is 46.3 Å². The van der Waals surface area contributed by atoms with Crippen LogP contribution in [-0.2, 0) is 4.79 Å². The minimum Gasteiger partial charge on any atom is -0.479 e. The van der Waals surface area contributed by atoms with Crippen molar-refractivity contribution in [1.82, 2.24) is 5.32 Å². The second-order valence-electron chi connectivity index (χ2n) is 4.27. The van der Waals surface area contributed by atoms with Crippen LogP contribution in [0.1, 0.15) is 16.8 Å². The number of hydrogen-bond donors (Lipinski definition) is 2. The third-order valence-corrected chi connectivity index (χ3v) is 4.81. The van der Waals surface area contributed by atoms with Gasteiger partial charge in [-0.2, -0.15) is 11.8 Å². The number of thioether (sulfide) groups is 1. The van der Waals surface area contributed by atoms with E-state index in [1.54, 1.807) is 0 Å². The van der Waals surface area contributed by atoms with Crippen molar-refractivity contribution < 1.29 is 19.1 Å². The quantitative estimate of drug-likeness (QED) is 0.880. The Hall–Kier alpha value is -1.08. The first-order chi connectivity index (χ1) is 8.94. The van der Waals surface area contributed by atoms with Gasteiger partial charge in [0.15, 0.2) is 0 Å². The zero-order valence-electron chi connectivity index (χ0n) is 9.78. The van der Waals surface area contributed by atoms with E-state index < -0.39 is 23.2 Å². The number of carbonyl (C=O) groups excluding carboxylic acids is 1. The lowest BCUT2D eigenvalue weighted by Crippen LogP contribution is -2.54. The number of carbonyl (C=O) groups is 2. The van der Waals surface area contributed by atoms with Crippen molar-refractivity contribution in [2.45, 2.75) is 12.0 Å². The topological polar surface area (TPSA) is 66.4 Å². The second kappa shape index (κ2) is 5.50. The van der Waals surface area contributed by atoms with Gasteiger partial charge in [-0.3, -0.25) is 4.79 Å². The van der Waals surface area contributed by atoms with Crippen LogP contribution >= 0.6 is 27.7 Å². The Morgan fingerprint density at radius 3 is 2.74 bits per heavy atom. The van der Waals surface area contributed by atoms with Gasteiger partial charge in [0.05, 0.1) is 5.56 Å². The predicted octanol–water partition coefficient (Wildman–Crippen LogP) is 2.28. The van der Waals surface area contributed by atoms with Crippen LogP contribution in [0.4, 0.5) is 4.39 Å². The van der Waals surface area contributed by atoms with E-state index >= 15 is 0 Å². The fourth-order valence-electron chi connectivity index (χ4n) is 1.84. The number of hydrogen-bond acceptors (Lipinski definition) is 3. The van der Waals surface area contributed by atoms with Crippen molar-refractivity contribution in [3.8, 4) is 0 Å². The summed E-state index contributed by atoms with van der Waals surface area (Å²) in [6, 6.07) is 3.66. The second-order valence-corrected chi connectivity index (χ2v) is 6.23. The normalized spacial score (nSPS) is 22.2. The molecule has 1 aromatic carbocycles. The Labute approximate surface area is 121 Å². The van der Waals surface area contributed by atoms with Crippen LogP contribution in [0.5, 0.6) is 0 Å². The maximum atomic E-state index is 13.0. The molecule has 2 N–H and O–H groups in total. The fraction of sp³-hybridized carbons (Fsp3) is 0.333. The molecule has 1 heterocycles. The molecule has 1 aliphatic heterocycles. The van der Waals surface area contributed by atoms with Crippen molar-refractivity contribution in [3.05, 3.63) is 34.1 Å². The first-order valence-electron chi connectivity index (χ1n) is 5.53. The van der Waals surface area contributed by atoms with Crippen LogP contribution in [-0.4, -0.2) is 34.0 Å². The predicted molar refractivity (Wildman–Crippen MR) is 73.9 cm³/mol. The summed E-state index contributed by atoms with van der Waals surface area (Å²) < 4.78 is 13.3. The maximum absolute atomic E-state index is 13.0. The number of aliphatic carboxylic acids is 1. The molecule has 1 unspecified atom stereocenters. The van der Waals surface area contributed by atoms with Crippen molar-refractivity contribution in [2.24, 2.45) is 0 Å². The Kier molecular flexibility index (Phi) is 4.15. The number of carboxylic acid groups (broad SMARTS) is 1. The highest BCUT2D eigenvalue weighted by molar-refractivity contribution is 9.10. The van der Waals surface area contributed by atoms with E-state index in [9.17, 15) is 19.1 Å². The summed E-state index contributed by atoms with van der Waals surface area (Å²) in [5, 5.41) is 11.8. The molecule has 4 nitrogen and oxygen atoms in total. The first kappa shape index (κ1) is 14.3. The molecule has 0 bridgehead atoms. The maximum Gasteiger partial charge on any atom is 0.330 e. The number of amides is 1. The highest BCUT2D eigenvalue weighted by Crippen LogP contribution is 2.29. The van der Waals surface area contributed by atoms with E-state index in [1.165, 1.54) is 23.9 Å².